The summed E-state index contributed by atoms with van der Waals surface area (Å²) in [6, 6.07) is 13.4. The van der Waals surface area contributed by atoms with Crippen LogP contribution in [0.1, 0.15) is 34.1 Å². The molecule has 1 aromatic carbocycles. The zero-order valence-electron chi connectivity index (χ0n) is 19.5. The number of amides is 3. The molecule has 0 radical (unpaired) electrons. The molecular formula is C26H27N5O4. The number of nitrogens with one attached hydrogen (secondary N) is 2. The van der Waals surface area contributed by atoms with E-state index >= 15 is 0 Å². The summed E-state index contributed by atoms with van der Waals surface area (Å²) in [7, 11) is 0. The van der Waals surface area contributed by atoms with Gasteiger partial charge in [-0.25, -0.2) is 9.78 Å². The van der Waals surface area contributed by atoms with Crippen LogP contribution >= 0.6 is 0 Å². The van der Waals surface area contributed by atoms with Crippen molar-refractivity contribution in [3.05, 3.63) is 71.0 Å². The minimum Gasteiger partial charge on any atom is -0.378 e. The van der Waals surface area contributed by atoms with E-state index in [9.17, 15) is 14.4 Å². The van der Waals surface area contributed by atoms with Gasteiger partial charge in [0.25, 0.3) is 0 Å². The molecule has 180 valence electrons. The maximum atomic E-state index is 13.4. The smallest absolute Gasteiger partial charge is 0.320 e. The van der Waals surface area contributed by atoms with Gasteiger partial charge >= 0.3 is 6.03 Å². The first kappa shape index (κ1) is 22.8. The Morgan fingerprint density at radius 3 is 2.60 bits per heavy atom. The Morgan fingerprint density at radius 1 is 1.09 bits per heavy atom. The Bertz CT molecular complexity index is 1260. The van der Waals surface area contributed by atoms with Crippen molar-refractivity contribution in [2.24, 2.45) is 0 Å². The number of rotatable bonds is 4. The lowest BCUT2D eigenvalue weighted by molar-refractivity contribution is -0.114. The van der Waals surface area contributed by atoms with E-state index in [1.807, 2.05) is 36.4 Å². The number of anilines is 1. The van der Waals surface area contributed by atoms with Gasteiger partial charge in [0.05, 0.1) is 32.0 Å². The molecule has 0 saturated carbocycles. The number of nitrogens with zero attached hydrogens (tertiary/aromatic N) is 3. The molecule has 4 heterocycles. The summed E-state index contributed by atoms with van der Waals surface area (Å²) in [5.41, 5.74) is 4.93. The van der Waals surface area contributed by atoms with Gasteiger partial charge in [-0.15, -0.1) is 0 Å². The van der Waals surface area contributed by atoms with Crippen LogP contribution in [0.25, 0.3) is 11.3 Å². The minimum atomic E-state index is -0.211. The second-order valence-corrected chi connectivity index (χ2v) is 8.77. The molecular weight excluding hydrogens is 446 g/mol. The number of aromatic amines is 1. The highest BCUT2D eigenvalue weighted by Crippen LogP contribution is 2.34. The maximum absolute atomic E-state index is 13.4. The van der Waals surface area contributed by atoms with Crippen molar-refractivity contribution in [2.75, 3.05) is 38.2 Å². The normalized spacial score (nSPS) is 15.6. The Labute approximate surface area is 203 Å². The zero-order chi connectivity index (χ0) is 24.4. The molecule has 0 spiro atoms. The van der Waals surface area contributed by atoms with Crippen molar-refractivity contribution >= 4 is 23.5 Å². The van der Waals surface area contributed by atoms with Gasteiger partial charge in [-0.3, -0.25) is 9.59 Å². The topological polar surface area (TPSA) is 108 Å². The Balaban J connectivity index is 1.53. The predicted molar refractivity (Wildman–Crippen MR) is 130 cm³/mol. The van der Waals surface area contributed by atoms with Crippen molar-refractivity contribution in [3.8, 4) is 11.3 Å². The minimum absolute atomic E-state index is 0.0375. The van der Waals surface area contributed by atoms with Crippen LogP contribution in [0.2, 0.25) is 0 Å². The highest BCUT2D eigenvalue weighted by molar-refractivity contribution is 6.04. The summed E-state index contributed by atoms with van der Waals surface area (Å²) < 4.78 is 5.36. The molecule has 35 heavy (non-hydrogen) atoms. The molecule has 3 amide bonds. The van der Waals surface area contributed by atoms with Crippen molar-refractivity contribution in [3.63, 3.8) is 0 Å². The number of carbonyl (C=O) groups is 3. The number of H-pyrrole nitrogens is 1. The molecule has 1 saturated heterocycles. The Hall–Kier alpha value is -3.98. The standard InChI is InChI=1S/C26H27N5O4/c1-17(32)28-23-14-19(7-8-27-23)25-20(13-18-5-3-2-4-6-18)24-21(29-25)15-31(16-22(24)33)26(34)30-9-11-35-12-10-30/h2-8,14,29H,9-13,15-16H2,1H3,(H,27,28,32). The second-order valence-electron chi connectivity index (χ2n) is 8.77. The molecule has 0 unspecified atom stereocenters. The Kier molecular flexibility index (Phi) is 6.33. The highest BCUT2D eigenvalue weighted by atomic mass is 16.5. The molecule has 2 N–H and O–H groups in total. The summed E-state index contributed by atoms with van der Waals surface area (Å²) in [5.74, 6) is 0.137. The van der Waals surface area contributed by atoms with Crippen molar-refractivity contribution in [2.45, 2.75) is 19.9 Å². The molecule has 2 aromatic heterocycles. The third kappa shape index (κ3) is 4.81. The predicted octanol–water partition coefficient (Wildman–Crippen LogP) is 3.08. The fourth-order valence-corrected chi connectivity index (χ4v) is 4.70. The largest absolute Gasteiger partial charge is 0.378 e. The van der Waals surface area contributed by atoms with Crippen LogP contribution < -0.4 is 5.32 Å². The van der Waals surface area contributed by atoms with Gasteiger partial charge in [0, 0.05) is 49.5 Å². The van der Waals surface area contributed by atoms with Crippen LogP contribution in [0.3, 0.4) is 0 Å². The van der Waals surface area contributed by atoms with Crippen LogP contribution in [0.4, 0.5) is 10.6 Å². The fourth-order valence-electron chi connectivity index (χ4n) is 4.70. The van der Waals surface area contributed by atoms with Crippen molar-refractivity contribution < 1.29 is 19.1 Å². The van der Waals surface area contributed by atoms with Crippen LogP contribution in [-0.2, 0) is 22.5 Å². The first-order valence-electron chi connectivity index (χ1n) is 11.7. The highest BCUT2D eigenvalue weighted by Gasteiger charge is 2.34. The number of hydrogen-bond donors (Lipinski definition) is 2. The zero-order valence-corrected chi connectivity index (χ0v) is 19.5. The number of pyridine rings is 1. The van der Waals surface area contributed by atoms with Gasteiger partial charge < -0.3 is 24.8 Å². The van der Waals surface area contributed by atoms with E-state index in [1.54, 1.807) is 22.1 Å². The van der Waals surface area contributed by atoms with Gasteiger partial charge in [0.1, 0.15) is 5.82 Å². The average Bonchev–Trinajstić information content (AvgIpc) is 3.23. The van der Waals surface area contributed by atoms with Crippen LogP contribution in [0, 0.1) is 0 Å². The fraction of sp³-hybridized carbons (Fsp3) is 0.308. The maximum Gasteiger partial charge on any atom is 0.320 e. The van der Waals surface area contributed by atoms with Crippen molar-refractivity contribution in [1.82, 2.24) is 19.8 Å². The third-order valence-electron chi connectivity index (χ3n) is 6.27. The number of fused-ring (bicyclic) bond motifs is 1. The quantitative estimate of drug-likeness (QED) is 0.606. The van der Waals surface area contributed by atoms with Crippen LogP contribution in [-0.4, -0.2) is 70.3 Å². The lowest BCUT2D eigenvalue weighted by Gasteiger charge is -2.34. The number of Topliss-reactive ketones (excluding diaryl/α,β-unsaturated/α-hetero) is 1. The van der Waals surface area contributed by atoms with E-state index in [4.69, 9.17) is 4.74 Å². The molecule has 1 fully saturated rings. The molecule has 9 heteroatoms. The third-order valence-corrected chi connectivity index (χ3v) is 6.27. The number of ether oxygens (including phenoxy) is 1. The number of hydrogen-bond acceptors (Lipinski definition) is 5. The van der Waals surface area contributed by atoms with Gasteiger partial charge in [-0.2, -0.15) is 0 Å². The molecule has 3 aromatic rings. The first-order valence-corrected chi connectivity index (χ1v) is 11.7. The average molecular weight is 474 g/mol. The molecule has 2 aliphatic heterocycles. The lowest BCUT2D eigenvalue weighted by atomic mass is 9.93. The number of morpholine rings is 1. The first-order chi connectivity index (χ1) is 17.0. The number of ketones is 1. The molecule has 2 aliphatic rings. The van der Waals surface area contributed by atoms with E-state index in [0.717, 1.165) is 28.1 Å². The van der Waals surface area contributed by atoms with Gasteiger partial charge in [-0.05, 0) is 23.3 Å². The SMILES string of the molecule is CC(=O)Nc1cc(-c2[nH]c3c(c2Cc2ccccc2)C(=O)CN(C(=O)N2CCOCC2)C3)ccn1. The van der Waals surface area contributed by atoms with E-state index in [2.05, 4.69) is 15.3 Å². The summed E-state index contributed by atoms with van der Waals surface area (Å²) in [4.78, 5) is 49.1. The number of carbonyl (C=O) groups excluding carboxylic acids is 3. The summed E-state index contributed by atoms with van der Waals surface area (Å²) in [6.07, 6.45) is 2.19. The van der Waals surface area contributed by atoms with E-state index < -0.39 is 0 Å². The van der Waals surface area contributed by atoms with E-state index in [-0.39, 0.29) is 24.3 Å². The molecule has 0 atom stereocenters. The molecule has 0 aliphatic carbocycles. The molecule has 5 rings (SSSR count). The summed E-state index contributed by atoms with van der Waals surface area (Å²) >= 11 is 0. The van der Waals surface area contributed by atoms with Crippen LogP contribution in [0.15, 0.2) is 48.7 Å². The second kappa shape index (κ2) is 9.71. The van der Waals surface area contributed by atoms with Crippen molar-refractivity contribution in [1.29, 1.82) is 0 Å². The number of urea groups is 1. The number of benzene rings is 1. The summed E-state index contributed by atoms with van der Waals surface area (Å²) in [6.45, 7) is 3.85. The van der Waals surface area contributed by atoms with Gasteiger partial charge in [-0.1, -0.05) is 30.3 Å². The lowest BCUT2D eigenvalue weighted by Crippen LogP contribution is -2.50. The van der Waals surface area contributed by atoms with Gasteiger partial charge in [0.15, 0.2) is 5.78 Å². The van der Waals surface area contributed by atoms with E-state index in [0.29, 0.717) is 50.7 Å². The monoisotopic (exact) mass is 473 g/mol. The van der Waals surface area contributed by atoms with Gasteiger partial charge in [0.2, 0.25) is 5.91 Å². The molecule has 0 bridgehead atoms. The summed E-state index contributed by atoms with van der Waals surface area (Å²) in [5, 5.41) is 2.71. The molecule has 9 nitrogen and oxygen atoms in total. The number of aromatic nitrogens is 2. The van der Waals surface area contributed by atoms with E-state index in [1.165, 1.54) is 6.92 Å². The Morgan fingerprint density at radius 2 is 1.86 bits per heavy atom. The van der Waals surface area contributed by atoms with Crippen LogP contribution in [0.5, 0.6) is 0 Å².